The van der Waals surface area contributed by atoms with Crippen molar-refractivity contribution in [1.29, 1.82) is 0 Å². The summed E-state index contributed by atoms with van der Waals surface area (Å²) in [7, 11) is 0. The number of fused-ring (bicyclic) bond motifs is 1. The first-order valence-corrected chi connectivity index (χ1v) is 6.56. The summed E-state index contributed by atoms with van der Waals surface area (Å²) in [4.78, 5) is 22.6. The zero-order chi connectivity index (χ0) is 14.4. The van der Waals surface area contributed by atoms with Crippen LogP contribution < -0.4 is 10.1 Å². The number of nitrogens with one attached hydrogen (secondary N) is 1. The Morgan fingerprint density at radius 2 is 2.30 bits per heavy atom. The van der Waals surface area contributed by atoms with E-state index in [0.717, 1.165) is 23.3 Å². The predicted molar refractivity (Wildman–Crippen MR) is 74.3 cm³/mol. The van der Waals surface area contributed by atoms with Crippen molar-refractivity contribution in [2.75, 3.05) is 19.8 Å². The number of amides is 1. The van der Waals surface area contributed by atoms with E-state index in [0.29, 0.717) is 13.2 Å². The molecule has 106 valence electrons. The van der Waals surface area contributed by atoms with E-state index in [1.54, 1.807) is 13.0 Å². The number of hydrogen-bond donors (Lipinski definition) is 1. The fraction of sp³-hybridized carbons (Fsp3) is 0.333. The molecule has 0 atom stereocenters. The van der Waals surface area contributed by atoms with Gasteiger partial charge in [-0.3, -0.25) is 9.59 Å². The van der Waals surface area contributed by atoms with Crippen LogP contribution in [0.1, 0.15) is 18.1 Å². The maximum atomic E-state index is 11.5. The Kier molecular flexibility index (Phi) is 4.76. The van der Waals surface area contributed by atoms with Gasteiger partial charge in [-0.05, 0) is 36.3 Å². The molecule has 0 aromatic heterocycles. The number of carbonyl (C=O) groups excluding carboxylic acids is 2. The number of benzene rings is 1. The van der Waals surface area contributed by atoms with Gasteiger partial charge in [0, 0.05) is 12.5 Å². The number of hydrogen-bond acceptors (Lipinski definition) is 4. The molecule has 1 aliphatic heterocycles. The van der Waals surface area contributed by atoms with Crippen molar-refractivity contribution in [3.63, 3.8) is 0 Å². The Labute approximate surface area is 117 Å². The highest BCUT2D eigenvalue weighted by atomic mass is 16.5. The molecule has 0 radical (unpaired) electrons. The van der Waals surface area contributed by atoms with Crippen molar-refractivity contribution in [2.45, 2.75) is 13.3 Å². The van der Waals surface area contributed by atoms with E-state index >= 15 is 0 Å². The van der Waals surface area contributed by atoms with Gasteiger partial charge in [0.2, 0.25) is 5.91 Å². The standard InChI is InChI=1S/C15H17NO4/c1-2-19-15(18)10-16-14(17)6-4-11-3-5-13-12(9-11)7-8-20-13/h3-6,9H,2,7-8,10H2,1H3,(H,16,17). The minimum Gasteiger partial charge on any atom is -0.493 e. The van der Waals surface area contributed by atoms with Crippen LogP contribution in [-0.4, -0.2) is 31.6 Å². The first kappa shape index (κ1) is 14.1. The van der Waals surface area contributed by atoms with E-state index in [1.807, 2.05) is 18.2 Å². The average molecular weight is 275 g/mol. The molecule has 5 nitrogen and oxygen atoms in total. The number of esters is 1. The quantitative estimate of drug-likeness (QED) is 0.650. The molecule has 1 amide bonds. The predicted octanol–water partition coefficient (Wildman–Crippen LogP) is 1.31. The normalized spacial score (nSPS) is 12.8. The van der Waals surface area contributed by atoms with Gasteiger partial charge in [0.1, 0.15) is 12.3 Å². The van der Waals surface area contributed by atoms with Gasteiger partial charge in [0.05, 0.1) is 13.2 Å². The van der Waals surface area contributed by atoms with E-state index in [-0.39, 0.29) is 12.5 Å². The van der Waals surface area contributed by atoms with E-state index < -0.39 is 5.97 Å². The monoisotopic (exact) mass is 275 g/mol. The lowest BCUT2D eigenvalue weighted by Crippen LogP contribution is -2.29. The maximum absolute atomic E-state index is 11.5. The Morgan fingerprint density at radius 1 is 1.45 bits per heavy atom. The SMILES string of the molecule is CCOC(=O)CNC(=O)C=Cc1ccc2c(c1)CCO2. The summed E-state index contributed by atoms with van der Waals surface area (Å²) in [5.74, 6) is 0.146. The topological polar surface area (TPSA) is 64.6 Å². The molecule has 1 aromatic carbocycles. The highest BCUT2D eigenvalue weighted by molar-refractivity contribution is 5.93. The molecule has 1 aliphatic rings. The lowest BCUT2D eigenvalue weighted by atomic mass is 10.1. The van der Waals surface area contributed by atoms with Crippen LogP contribution in [0.4, 0.5) is 0 Å². The van der Waals surface area contributed by atoms with Crippen molar-refractivity contribution in [1.82, 2.24) is 5.32 Å². The van der Waals surface area contributed by atoms with Gasteiger partial charge >= 0.3 is 5.97 Å². The minimum atomic E-state index is -0.441. The highest BCUT2D eigenvalue weighted by Gasteiger charge is 2.11. The number of ether oxygens (including phenoxy) is 2. The summed E-state index contributed by atoms with van der Waals surface area (Å²) in [6.07, 6.45) is 4.00. The fourth-order valence-corrected chi connectivity index (χ4v) is 1.91. The van der Waals surface area contributed by atoms with E-state index in [1.165, 1.54) is 6.08 Å². The van der Waals surface area contributed by atoms with Crippen LogP contribution in [0.2, 0.25) is 0 Å². The second-order valence-electron chi connectivity index (χ2n) is 4.32. The third kappa shape index (κ3) is 3.85. The van der Waals surface area contributed by atoms with Crippen LogP contribution in [0.25, 0.3) is 6.08 Å². The van der Waals surface area contributed by atoms with Crippen LogP contribution in [0.5, 0.6) is 5.75 Å². The summed E-state index contributed by atoms with van der Waals surface area (Å²) in [5, 5.41) is 2.46. The largest absolute Gasteiger partial charge is 0.493 e. The lowest BCUT2D eigenvalue weighted by molar-refractivity contribution is -0.143. The summed E-state index contributed by atoms with van der Waals surface area (Å²) < 4.78 is 10.1. The van der Waals surface area contributed by atoms with Crippen LogP contribution in [-0.2, 0) is 20.7 Å². The summed E-state index contributed by atoms with van der Waals surface area (Å²) in [6, 6.07) is 5.79. The molecule has 0 fully saturated rings. The third-order valence-corrected chi connectivity index (χ3v) is 2.85. The Hall–Kier alpha value is -2.30. The second kappa shape index (κ2) is 6.75. The number of rotatable bonds is 5. The molecule has 0 spiro atoms. The van der Waals surface area contributed by atoms with Gasteiger partial charge in [-0.15, -0.1) is 0 Å². The summed E-state index contributed by atoms with van der Waals surface area (Å²) in [6.45, 7) is 2.62. The minimum absolute atomic E-state index is 0.116. The summed E-state index contributed by atoms with van der Waals surface area (Å²) >= 11 is 0. The van der Waals surface area contributed by atoms with Crippen LogP contribution in [0, 0.1) is 0 Å². The first-order chi connectivity index (χ1) is 9.69. The Morgan fingerprint density at radius 3 is 3.10 bits per heavy atom. The van der Waals surface area contributed by atoms with Gasteiger partial charge in [-0.2, -0.15) is 0 Å². The molecule has 1 aromatic rings. The van der Waals surface area contributed by atoms with Crippen molar-refractivity contribution < 1.29 is 19.1 Å². The highest BCUT2D eigenvalue weighted by Crippen LogP contribution is 2.26. The Balaban J connectivity index is 1.86. The van der Waals surface area contributed by atoms with Gasteiger partial charge in [-0.1, -0.05) is 6.07 Å². The fourth-order valence-electron chi connectivity index (χ4n) is 1.91. The zero-order valence-corrected chi connectivity index (χ0v) is 11.3. The van der Waals surface area contributed by atoms with E-state index in [9.17, 15) is 9.59 Å². The lowest BCUT2D eigenvalue weighted by Gasteiger charge is -2.02. The van der Waals surface area contributed by atoms with Crippen molar-refractivity contribution >= 4 is 18.0 Å². The molecule has 20 heavy (non-hydrogen) atoms. The van der Waals surface area contributed by atoms with Gasteiger partial charge in [0.25, 0.3) is 0 Å². The van der Waals surface area contributed by atoms with Crippen LogP contribution in [0.15, 0.2) is 24.3 Å². The summed E-state index contributed by atoms with van der Waals surface area (Å²) in [5.41, 5.74) is 2.08. The zero-order valence-electron chi connectivity index (χ0n) is 11.3. The molecule has 0 saturated carbocycles. The van der Waals surface area contributed by atoms with Crippen molar-refractivity contribution in [3.8, 4) is 5.75 Å². The average Bonchev–Trinajstić information content (AvgIpc) is 2.90. The smallest absolute Gasteiger partial charge is 0.325 e. The van der Waals surface area contributed by atoms with E-state index in [2.05, 4.69) is 5.32 Å². The number of carbonyl (C=O) groups is 2. The molecular formula is C15H17NO4. The third-order valence-electron chi connectivity index (χ3n) is 2.85. The molecule has 0 aliphatic carbocycles. The Bertz CT molecular complexity index is 537. The molecule has 0 bridgehead atoms. The molecule has 0 saturated heterocycles. The van der Waals surface area contributed by atoms with Crippen LogP contribution >= 0.6 is 0 Å². The van der Waals surface area contributed by atoms with Gasteiger partial charge in [0.15, 0.2) is 0 Å². The molecule has 2 rings (SSSR count). The molecular weight excluding hydrogens is 258 g/mol. The molecule has 1 N–H and O–H groups in total. The maximum Gasteiger partial charge on any atom is 0.325 e. The van der Waals surface area contributed by atoms with Crippen molar-refractivity contribution in [3.05, 3.63) is 35.4 Å². The van der Waals surface area contributed by atoms with Crippen molar-refractivity contribution in [2.24, 2.45) is 0 Å². The van der Waals surface area contributed by atoms with E-state index in [4.69, 9.17) is 9.47 Å². The van der Waals surface area contributed by atoms with Gasteiger partial charge in [-0.25, -0.2) is 0 Å². The molecule has 0 unspecified atom stereocenters. The molecule has 1 heterocycles. The second-order valence-corrected chi connectivity index (χ2v) is 4.32. The van der Waals surface area contributed by atoms with Crippen LogP contribution in [0.3, 0.4) is 0 Å². The van der Waals surface area contributed by atoms with Gasteiger partial charge < -0.3 is 14.8 Å². The molecule has 5 heteroatoms. The first-order valence-electron chi connectivity index (χ1n) is 6.56.